The van der Waals surface area contributed by atoms with Crippen LogP contribution in [-0.4, -0.2) is 16.6 Å². The zero-order chi connectivity index (χ0) is 10.1. The Morgan fingerprint density at radius 3 is 2.31 bits per heavy atom. The Morgan fingerprint density at radius 1 is 1.46 bits per heavy atom. The average molecular weight is 233 g/mol. The lowest BCUT2D eigenvalue weighted by atomic mass is 10.0. The summed E-state index contributed by atoms with van der Waals surface area (Å²) in [5.41, 5.74) is -4.08. The van der Waals surface area contributed by atoms with Crippen molar-refractivity contribution in [2.24, 2.45) is 5.41 Å². The van der Waals surface area contributed by atoms with Crippen molar-refractivity contribution in [1.29, 1.82) is 0 Å². The quantitative estimate of drug-likeness (QED) is 0.660. The molecule has 0 aromatic rings. The van der Waals surface area contributed by atoms with E-state index >= 15 is 0 Å². The van der Waals surface area contributed by atoms with Crippen molar-refractivity contribution in [3.8, 4) is 0 Å². The molecule has 0 nitrogen and oxygen atoms in total. The first-order valence-corrected chi connectivity index (χ1v) is 5.63. The molecule has 0 N–H and O–H groups in total. The molecule has 0 saturated heterocycles. The highest BCUT2D eigenvalue weighted by Gasteiger charge is 2.46. The second-order valence-corrected chi connectivity index (χ2v) is 5.34. The van der Waals surface area contributed by atoms with Crippen LogP contribution in [0, 0.1) is 5.41 Å². The van der Waals surface area contributed by atoms with Crippen LogP contribution in [0.1, 0.15) is 26.2 Å². The third-order valence-electron chi connectivity index (χ3n) is 2.60. The van der Waals surface area contributed by atoms with E-state index in [1.807, 2.05) is 6.92 Å². The standard InChI is InChI=1S/C8H12ClF3S/c1-6(9)7(2-3-7)4-5-13-8(10,11)12/h6H,2-5H2,1H3. The monoisotopic (exact) mass is 232 g/mol. The fourth-order valence-corrected chi connectivity index (χ4v) is 2.44. The van der Waals surface area contributed by atoms with Crippen LogP contribution in [0.5, 0.6) is 0 Å². The van der Waals surface area contributed by atoms with E-state index in [0.29, 0.717) is 6.42 Å². The topological polar surface area (TPSA) is 0 Å². The summed E-state index contributed by atoms with van der Waals surface area (Å²) in [5, 5.41) is 0.00123. The predicted molar refractivity (Wildman–Crippen MR) is 50.1 cm³/mol. The van der Waals surface area contributed by atoms with E-state index in [2.05, 4.69) is 0 Å². The Bertz CT molecular complexity index is 175. The Hall–Kier alpha value is 0.430. The van der Waals surface area contributed by atoms with Gasteiger partial charge in [-0.25, -0.2) is 0 Å². The van der Waals surface area contributed by atoms with Crippen LogP contribution in [0.3, 0.4) is 0 Å². The van der Waals surface area contributed by atoms with Crippen LogP contribution in [0.15, 0.2) is 0 Å². The Morgan fingerprint density at radius 2 is 2.00 bits per heavy atom. The van der Waals surface area contributed by atoms with Crippen LogP contribution in [0.2, 0.25) is 0 Å². The van der Waals surface area contributed by atoms with E-state index in [9.17, 15) is 13.2 Å². The highest BCUT2D eigenvalue weighted by Crippen LogP contribution is 2.54. The summed E-state index contributed by atoms with van der Waals surface area (Å²) in [6.07, 6.45) is 2.55. The van der Waals surface area contributed by atoms with Gasteiger partial charge < -0.3 is 0 Å². The van der Waals surface area contributed by atoms with E-state index in [0.717, 1.165) is 12.8 Å². The maximum Gasteiger partial charge on any atom is 0.441 e. The lowest BCUT2D eigenvalue weighted by Crippen LogP contribution is -2.14. The molecule has 1 fully saturated rings. The Balaban J connectivity index is 2.20. The van der Waals surface area contributed by atoms with E-state index in [1.165, 1.54) is 0 Å². The molecular weight excluding hydrogens is 221 g/mol. The SMILES string of the molecule is CC(Cl)C1(CCSC(F)(F)F)CC1. The van der Waals surface area contributed by atoms with Crippen LogP contribution in [0.25, 0.3) is 0 Å². The smallest absolute Gasteiger partial charge is 0.160 e. The average Bonchev–Trinajstić information content (AvgIpc) is 2.65. The fourth-order valence-electron chi connectivity index (χ4n) is 1.38. The molecule has 0 amide bonds. The van der Waals surface area contributed by atoms with E-state index in [4.69, 9.17) is 11.6 Å². The molecule has 1 aliphatic carbocycles. The van der Waals surface area contributed by atoms with Gasteiger partial charge in [-0.2, -0.15) is 13.2 Å². The molecule has 1 atom stereocenters. The molecule has 0 aliphatic heterocycles. The van der Waals surface area contributed by atoms with E-state index in [1.54, 1.807) is 0 Å². The number of rotatable bonds is 4. The van der Waals surface area contributed by atoms with Gasteiger partial charge in [-0.3, -0.25) is 0 Å². The minimum Gasteiger partial charge on any atom is -0.160 e. The molecule has 78 valence electrons. The number of halogens is 4. The van der Waals surface area contributed by atoms with Crippen molar-refractivity contribution >= 4 is 23.4 Å². The molecule has 1 saturated carbocycles. The second kappa shape index (κ2) is 3.89. The van der Waals surface area contributed by atoms with Gasteiger partial charge in [0.25, 0.3) is 0 Å². The van der Waals surface area contributed by atoms with Gasteiger partial charge in [0, 0.05) is 11.1 Å². The summed E-state index contributed by atoms with van der Waals surface area (Å²) >= 11 is 5.95. The summed E-state index contributed by atoms with van der Waals surface area (Å²) in [6, 6.07) is 0. The van der Waals surface area contributed by atoms with Crippen molar-refractivity contribution < 1.29 is 13.2 Å². The lowest BCUT2D eigenvalue weighted by molar-refractivity contribution is -0.0328. The first-order chi connectivity index (χ1) is 5.86. The summed E-state index contributed by atoms with van der Waals surface area (Å²) in [6.45, 7) is 1.87. The Labute approximate surface area is 85.2 Å². The largest absolute Gasteiger partial charge is 0.441 e. The maximum atomic E-state index is 11.8. The van der Waals surface area contributed by atoms with Crippen molar-refractivity contribution in [3.63, 3.8) is 0 Å². The predicted octanol–water partition coefficient (Wildman–Crippen LogP) is 4.04. The van der Waals surface area contributed by atoms with Gasteiger partial charge in [0.15, 0.2) is 0 Å². The zero-order valence-electron chi connectivity index (χ0n) is 7.33. The lowest BCUT2D eigenvalue weighted by Gasteiger charge is -2.17. The number of hydrogen-bond donors (Lipinski definition) is 0. The molecule has 5 heteroatoms. The first kappa shape index (κ1) is 11.5. The third-order valence-corrected chi connectivity index (χ3v) is 3.80. The van der Waals surface area contributed by atoms with Crippen LogP contribution in [-0.2, 0) is 0 Å². The molecule has 0 radical (unpaired) electrons. The van der Waals surface area contributed by atoms with Crippen molar-refractivity contribution in [1.82, 2.24) is 0 Å². The summed E-state index contributed by atoms with van der Waals surface area (Å²) in [5.74, 6) is 0.139. The normalized spacial score (nSPS) is 22.8. The molecule has 1 aliphatic rings. The van der Waals surface area contributed by atoms with Crippen molar-refractivity contribution in [2.45, 2.75) is 37.1 Å². The van der Waals surface area contributed by atoms with Gasteiger partial charge in [-0.15, -0.1) is 11.6 Å². The maximum absolute atomic E-state index is 11.8. The number of alkyl halides is 4. The van der Waals surface area contributed by atoms with Gasteiger partial charge in [-0.05, 0) is 31.6 Å². The molecule has 1 unspecified atom stereocenters. The van der Waals surface area contributed by atoms with Gasteiger partial charge in [0.1, 0.15) is 0 Å². The molecular formula is C8H12ClF3S. The second-order valence-electron chi connectivity index (χ2n) is 3.52. The first-order valence-electron chi connectivity index (χ1n) is 4.20. The van der Waals surface area contributed by atoms with E-state index < -0.39 is 5.51 Å². The zero-order valence-corrected chi connectivity index (χ0v) is 8.90. The third kappa shape index (κ3) is 3.58. The van der Waals surface area contributed by atoms with Crippen molar-refractivity contribution in [2.75, 3.05) is 5.75 Å². The molecule has 0 spiro atoms. The minimum absolute atomic E-state index is 0.00123. The van der Waals surface area contributed by atoms with Crippen LogP contribution < -0.4 is 0 Å². The van der Waals surface area contributed by atoms with Crippen LogP contribution in [0.4, 0.5) is 13.2 Å². The van der Waals surface area contributed by atoms with Crippen molar-refractivity contribution in [3.05, 3.63) is 0 Å². The van der Waals surface area contributed by atoms with Gasteiger partial charge in [-0.1, -0.05) is 11.8 Å². The highest BCUT2D eigenvalue weighted by molar-refractivity contribution is 8.00. The Kier molecular flexibility index (Phi) is 3.44. The minimum atomic E-state index is -4.09. The summed E-state index contributed by atoms with van der Waals surface area (Å²) in [4.78, 5) is 0. The number of thioether (sulfide) groups is 1. The summed E-state index contributed by atoms with van der Waals surface area (Å²) < 4.78 is 35.3. The van der Waals surface area contributed by atoms with Gasteiger partial charge >= 0.3 is 5.51 Å². The summed E-state index contributed by atoms with van der Waals surface area (Å²) in [7, 11) is 0. The fraction of sp³-hybridized carbons (Fsp3) is 1.00. The van der Waals surface area contributed by atoms with Gasteiger partial charge in [0.2, 0.25) is 0 Å². The molecule has 0 bridgehead atoms. The van der Waals surface area contributed by atoms with E-state index in [-0.39, 0.29) is 28.3 Å². The van der Waals surface area contributed by atoms with Gasteiger partial charge in [0.05, 0.1) is 0 Å². The molecule has 0 heterocycles. The molecule has 0 aromatic carbocycles. The molecule has 13 heavy (non-hydrogen) atoms. The highest BCUT2D eigenvalue weighted by atomic mass is 35.5. The molecule has 1 rings (SSSR count). The molecule has 0 aromatic heterocycles. The number of hydrogen-bond acceptors (Lipinski definition) is 1. The van der Waals surface area contributed by atoms with Crippen LogP contribution >= 0.6 is 23.4 Å².